The van der Waals surface area contributed by atoms with E-state index in [4.69, 9.17) is 28.4 Å². The normalized spacial score (nSPS) is 26.3. The van der Waals surface area contributed by atoms with Gasteiger partial charge in [0.1, 0.15) is 12.2 Å². The number of hydrogen-bond donors (Lipinski definition) is 0. The van der Waals surface area contributed by atoms with Crippen LogP contribution < -0.4 is 18.9 Å². The number of fused-ring (bicyclic) bond motifs is 10. The van der Waals surface area contributed by atoms with Crippen LogP contribution in [0.15, 0.2) is 24.3 Å². The lowest BCUT2D eigenvalue weighted by atomic mass is 9.78. The van der Waals surface area contributed by atoms with Crippen molar-refractivity contribution in [1.82, 2.24) is 4.90 Å². The van der Waals surface area contributed by atoms with Crippen LogP contribution in [-0.2, 0) is 16.0 Å². The lowest BCUT2D eigenvalue weighted by molar-refractivity contribution is -0.142. The minimum absolute atomic E-state index is 0.229. The smallest absolute Gasteiger partial charge is 0.231 e. The molecule has 2 atom stereocenters. The van der Waals surface area contributed by atoms with Gasteiger partial charge in [0.05, 0.1) is 5.70 Å². The van der Waals surface area contributed by atoms with E-state index in [2.05, 4.69) is 24.1 Å². The molecule has 0 saturated carbocycles. The Kier molecular flexibility index (Phi) is 3.04. The predicted molar refractivity (Wildman–Crippen MR) is 106 cm³/mol. The van der Waals surface area contributed by atoms with Gasteiger partial charge in [0.2, 0.25) is 13.6 Å². The molecule has 4 aliphatic heterocycles. The van der Waals surface area contributed by atoms with Crippen LogP contribution in [0.1, 0.15) is 42.2 Å². The Morgan fingerprint density at radius 3 is 2.47 bits per heavy atom. The van der Waals surface area contributed by atoms with E-state index in [-0.39, 0.29) is 25.8 Å². The Balaban J connectivity index is 1.53. The van der Waals surface area contributed by atoms with Gasteiger partial charge in [0.25, 0.3) is 0 Å². The zero-order chi connectivity index (χ0) is 20.2. The molecule has 7 nitrogen and oxygen atoms in total. The molecule has 0 radical (unpaired) electrons. The van der Waals surface area contributed by atoms with E-state index in [0.29, 0.717) is 0 Å². The molecule has 0 aromatic heterocycles. The average Bonchev–Trinajstić information content (AvgIpc) is 3.42. The first-order valence-corrected chi connectivity index (χ1v) is 10.2. The Bertz CT molecular complexity index is 1150. The maximum Gasteiger partial charge on any atom is 0.231 e. The molecule has 7 heteroatoms. The number of benzene rings is 2. The molecule has 2 aromatic rings. The van der Waals surface area contributed by atoms with Crippen molar-refractivity contribution in [3.8, 4) is 23.0 Å². The van der Waals surface area contributed by atoms with Gasteiger partial charge in [-0.1, -0.05) is 6.07 Å². The summed E-state index contributed by atoms with van der Waals surface area (Å²) in [4.78, 5) is 2.26. The standard InChI is InChI=1S/C23H21NO6/c1-23(2)29-21-13-7-17-16(26-9-27-17)6-12(13)19-18(22(21)30-23)11-4-5-15-20(28-10-25-15)14(11)8-24(19)3/h4-7,21-22H,8-10H2,1-3H3/t21-,22+/m0/s1. The summed E-state index contributed by atoms with van der Waals surface area (Å²) in [5, 5.41) is 0. The first kappa shape index (κ1) is 16.8. The highest BCUT2D eigenvalue weighted by molar-refractivity contribution is 5.98. The van der Waals surface area contributed by atoms with Gasteiger partial charge in [-0.05, 0) is 43.2 Å². The van der Waals surface area contributed by atoms with E-state index in [1.807, 2.05) is 26.0 Å². The van der Waals surface area contributed by atoms with Gasteiger partial charge in [-0.25, -0.2) is 0 Å². The maximum absolute atomic E-state index is 6.47. The van der Waals surface area contributed by atoms with Crippen molar-refractivity contribution in [2.45, 2.75) is 38.4 Å². The van der Waals surface area contributed by atoms with Crippen LogP contribution >= 0.6 is 0 Å². The summed E-state index contributed by atoms with van der Waals surface area (Å²) >= 11 is 0. The SMILES string of the molecule is CN1Cc2c(ccc3c2OCO3)C2=C1c1cc3c(cc1[C@@H]1OC(C)(C)O[C@H]21)OCO3. The van der Waals surface area contributed by atoms with E-state index in [1.165, 1.54) is 0 Å². The number of hydrogen-bond acceptors (Lipinski definition) is 7. The largest absolute Gasteiger partial charge is 0.454 e. The summed E-state index contributed by atoms with van der Waals surface area (Å²) in [6.45, 7) is 5.14. The summed E-state index contributed by atoms with van der Waals surface area (Å²) in [6, 6.07) is 8.23. The van der Waals surface area contributed by atoms with Gasteiger partial charge in [-0.2, -0.15) is 0 Å². The third kappa shape index (κ3) is 2.06. The van der Waals surface area contributed by atoms with Gasteiger partial charge >= 0.3 is 0 Å². The zero-order valence-electron chi connectivity index (χ0n) is 17.0. The van der Waals surface area contributed by atoms with Crippen LogP contribution in [0.5, 0.6) is 23.0 Å². The Morgan fingerprint density at radius 2 is 1.60 bits per heavy atom. The van der Waals surface area contributed by atoms with Crippen LogP contribution in [-0.4, -0.2) is 37.4 Å². The van der Waals surface area contributed by atoms with Crippen molar-refractivity contribution >= 4 is 11.3 Å². The molecule has 1 aliphatic carbocycles. The second-order valence-electron chi connectivity index (χ2n) is 8.71. The first-order valence-electron chi connectivity index (χ1n) is 10.2. The van der Waals surface area contributed by atoms with E-state index < -0.39 is 5.79 Å². The second-order valence-corrected chi connectivity index (χ2v) is 8.71. The Hall–Kier alpha value is -2.90. The van der Waals surface area contributed by atoms with E-state index in [1.54, 1.807) is 0 Å². The van der Waals surface area contributed by atoms with Crippen molar-refractivity contribution in [3.05, 3.63) is 46.5 Å². The van der Waals surface area contributed by atoms with Crippen LogP contribution in [0, 0.1) is 0 Å². The third-order valence-corrected chi connectivity index (χ3v) is 6.45. The van der Waals surface area contributed by atoms with Gasteiger partial charge in [-0.15, -0.1) is 0 Å². The molecule has 30 heavy (non-hydrogen) atoms. The fourth-order valence-corrected chi connectivity index (χ4v) is 5.33. The van der Waals surface area contributed by atoms with Gasteiger partial charge < -0.3 is 33.3 Å². The lowest BCUT2D eigenvalue weighted by Gasteiger charge is -2.40. The second kappa shape index (κ2) is 5.42. The fourth-order valence-electron chi connectivity index (χ4n) is 5.33. The maximum atomic E-state index is 6.47. The summed E-state index contributed by atoms with van der Waals surface area (Å²) in [5.41, 5.74) is 6.69. The minimum atomic E-state index is -0.696. The highest BCUT2D eigenvalue weighted by atomic mass is 16.8. The zero-order valence-corrected chi connectivity index (χ0v) is 17.0. The minimum Gasteiger partial charge on any atom is -0.454 e. The summed E-state index contributed by atoms with van der Waals surface area (Å²) in [7, 11) is 2.10. The van der Waals surface area contributed by atoms with Crippen molar-refractivity contribution in [1.29, 1.82) is 0 Å². The summed E-state index contributed by atoms with van der Waals surface area (Å²) in [6.07, 6.45) is -0.460. The van der Waals surface area contributed by atoms with Crippen molar-refractivity contribution in [2.75, 3.05) is 20.6 Å². The van der Waals surface area contributed by atoms with Crippen LogP contribution in [0.2, 0.25) is 0 Å². The highest BCUT2D eigenvalue weighted by Gasteiger charge is 2.51. The molecule has 154 valence electrons. The Morgan fingerprint density at radius 1 is 0.867 bits per heavy atom. The van der Waals surface area contributed by atoms with Crippen molar-refractivity contribution in [3.63, 3.8) is 0 Å². The highest BCUT2D eigenvalue weighted by Crippen LogP contribution is 2.57. The quantitative estimate of drug-likeness (QED) is 0.661. The monoisotopic (exact) mass is 407 g/mol. The van der Waals surface area contributed by atoms with Gasteiger partial charge in [0.15, 0.2) is 28.8 Å². The molecule has 0 spiro atoms. The molecule has 5 aliphatic rings. The van der Waals surface area contributed by atoms with Gasteiger partial charge in [0, 0.05) is 30.3 Å². The first-order chi connectivity index (χ1) is 14.5. The van der Waals surface area contributed by atoms with Crippen molar-refractivity contribution in [2.24, 2.45) is 0 Å². The molecular weight excluding hydrogens is 386 g/mol. The van der Waals surface area contributed by atoms with E-state index >= 15 is 0 Å². The van der Waals surface area contributed by atoms with E-state index in [0.717, 1.165) is 63.1 Å². The topological polar surface area (TPSA) is 58.6 Å². The van der Waals surface area contributed by atoms with Crippen LogP contribution in [0.4, 0.5) is 0 Å². The summed E-state index contributed by atoms with van der Waals surface area (Å²) in [5.74, 6) is 2.45. The molecule has 0 bridgehead atoms. The molecule has 2 aromatic carbocycles. The molecule has 4 heterocycles. The number of ether oxygens (including phenoxy) is 6. The molecule has 1 saturated heterocycles. The van der Waals surface area contributed by atoms with Crippen molar-refractivity contribution < 1.29 is 28.4 Å². The molecule has 0 unspecified atom stereocenters. The Labute approximate surface area is 173 Å². The summed E-state index contributed by atoms with van der Waals surface area (Å²) < 4.78 is 35.7. The fraction of sp³-hybridized carbons (Fsp3) is 0.391. The number of nitrogens with zero attached hydrogens (tertiary/aromatic N) is 1. The van der Waals surface area contributed by atoms with Crippen LogP contribution in [0.25, 0.3) is 11.3 Å². The third-order valence-electron chi connectivity index (χ3n) is 6.45. The molecule has 0 N–H and O–H groups in total. The molecule has 0 amide bonds. The number of rotatable bonds is 0. The predicted octanol–water partition coefficient (Wildman–Crippen LogP) is 3.66. The molecule has 7 rings (SSSR count). The van der Waals surface area contributed by atoms with Crippen LogP contribution in [0.3, 0.4) is 0 Å². The van der Waals surface area contributed by atoms with Gasteiger partial charge in [-0.3, -0.25) is 0 Å². The average molecular weight is 407 g/mol. The van der Waals surface area contributed by atoms with E-state index in [9.17, 15) is 0 Å². The molecular formula is C23H21NO6. The lowest BCUT2D eigenvalue weighted by Crippen LogP contribution is -2.33. The molecule has 1 fully saturated rings.